The zero-order chi connectivity index (χ0) is 20.8. The lowest BCUT2D eigenvalue weighted by Gasteiger charge is -2.34. The van der Waals surface area contributed by atoms with Crippen molar-refractivity contribution in [1.82, 2.24) is 15.3 Å². The predicted molar refractivity (Wildman–Crippen MR) is 120 cm³/mol. The van der Waals surface area contributed by atoms with Crippen LogP contribution < -0.4 is 15.0 Å². The first kappa shape index (κ1) is 20.9. The van der Waals surface area contributed by atoms with Crippen molar-refractivity contribution in [2.45, 2.75) is 70.8 Å². The Hall–Kier alpha value is -2.37. The minimum atomic E-state index is -0.00528. The fraction of sp³-hybridized carbons (Fsp3) is 0.625. The Morgan fingerprint density at radius 2 is 1.80 bits per heavy atom. The molecule has 0 bridgehead atoms. The van der Waals surface area contributed by atoms with Gasteiger partial charge in [-0.05, 0) is 44.2 Å². The molecule has 6 heteroatoms. The van der Waals surface area contributed by atoms with Crippen LogP contribution in [0.3, 0.4) is 0 Å². The molecule has 1 N–H and O–H groups in total. The molecule has 1 unspecified atom stereocenters. The van der Waals surface area contributed by atoms with Crippen molar-refractivity contribution in [1.29, 1.82) is 0 Å². The maximum Gasteiger partial charge on any atom is 0.258 e. The van der Waals surface area contributed by atoms with Crippen molar-refractivity contribution in [3.8, 4) is 5.88 Å². The van der Waals surface area contributed by atoms with Crippen molar-refractivity contribution in [3.63, 3.8) is 0 Å². The molecule has 1 aromatic heterocycles. The zero-order valence-corrected chi connectivity index (χ0v) is 18.1. The molecule has 1 saturated heterocycles. The van der Waals surface area contributed by atoms with Crippen LogP contribution in [0.5, 0.6) is 5.88 Å². The highest BCUT2D eigenvalue weighted by atomic mass is 16.5. The van der Waals surface area contributed by atoms with Crippen LogP contribution >= 0.6 is 0 Å². The van der Waals surface area contributed by atoms with E-state index in [1.165, 1.54) is 25.7 Å². The Kier molecular flexibility index (Phi) is 7.03. The number of carbonyl (C=O) groups is 1. The molecule has 0 radical (unpaired) electrons. The van der Waals surface area contributed by atoms with Gasteiger partial charge in [-0.25, -0.2) is 9.97 Å². The first-order valence-electron chi connectivity index (χ1n) is 11.7. The van der Waals surface area contributed by atoms with Gasteiger partial charge in [-0.1, -0.05) is 44.7 Å². The van der Waals surface area contributed by atoms with E-state index in [2.05, 4.69) is 17.1 Å². The molecule has 2 aromatic rings. The first-order chi connectivity index (χ1) is 14.7. The number of fused-ring (bicyclic) bond motifs is 1. The molecule has 2 heterocycles. The second kappa shape index (κ2) is 10.1. The monoisotopic (exact) mass is 410 g/mol. The SMILES string of the molecule is CCCOc1nc2ccccc2nc1N1CCCC(C(=O)NC2CCCCCC2)C1. The summed E-state index contributed by atoms with van der Waals surface area (Å²) in [4.78, 5) is 24.8. The smallest absolute Gasteiger partial charge is 0.258 e. The molecule has 1 aromatic carbocycles. The van der Waals surface area contributed by atoms with Crippen molar-refractivity contribution >= 4 is 22.8 Å². The Morgan fingerprint density at radius 3 is 2.53 bits per heavy atom. The van der Waals surface area contributed by atoms with Gasteiger partial charge in [0, 0.05) is 19.1 Å². The van der Waals surface area contributed by atoms with Gasteiger partial charge in [0.15, 0.2) is 5.82 Å². The highest BCUT2D eigenvalue weighted by Gasteiger charge is 2.30. The lowest BCUT2D eigenvalue weighted by Crippen LogP contribution is -2.46. The Morgan fingerprint density at radius 1 is 1.07 bits per heavy atom. The number of benzene rings is 1. The molecule has 1 aliphatic heterocycles. The maximum absolute atomic E-state index is 13.0. The summed E-state index contributed by atoms with van der Waals surface area (Å²) < 4.78 is 5.96. The summed E-state index contributed by atoms with van der Waals surface area (Å²) in [5.41, 5.74) is 1.70. The van der Waals surface area contributed by atoms with Gasteiger partial charge in [0.05, 0.1) is 23.6 Å². The topological polar surface area (TPSA) is 67.4 Å². The molecule has 1 aliphatic carbocycles. The number of nitrogens with zero attached hydrogens (tertiary/aromatic N) is 3. The van der Waals surface area contributed by atoms with Crippen LogP contribution in [0, 0.1) is 5.92 Å². The number of hydrogen-bond acceptors (Lipinski definition) is 5. The van der Waals surface area contributed by atoms with Crippen LogP contribution in [-0.4, -0.2) is 41.6 Å². The average Bonchev–Trinajstić information content (AvgIpc) is 3.05. The van der Waals surface area contributed by atoms with Crippen molar-refractivity contribution in [2.24, 2.45) is 5.92 Å². The minimum absolute atomic E-state index is 0.00528. The number of aromatic nitrogens is 2. The van der Waals surface area contributed by atoms with Crippen molar-refractivity contribution in [3.05, 3.63) is 24.3 Å². The summed E-state index contributed by atoms with van der Waals surface area (Å²) in [7, 11) is 0. The molecular weight excluding hydrogens is 376 g/mol. The quantitative estimate of drug-likeness (QED) is 0.712. The number of amides is 1. The number of rotatable bonds is 6. The minimum Gasteiger partial charge on any atom is -0.475 e. The van der Waals surface area contributed by atoms with Gasteiger partial charge < -0.3 is 15.0 Å². The lowest BCUT2D eigenvalue weighted by atomic mass is 9.96. The molecule has 2 fully saturated rings. The van der Waals surface area contributed by atoms with E-state index in [0.717, 1.165) is 55.5 Å². The van der Waals surface area contributed by atoms with Crippen LogP contribution in [0.25, 0.3) is 11.0 Å². The third kappa shape index (κ3) is 5.02. The van der Waals surface area contributed by atoms with Gasteiger partial charge in [-0.3, -0.25) is 4.79 Å². The molecule has 162 valence electrons. The first-order valence-corrected chi connectivity index (χ1v) is 11.7. The van der Waals surface area contributed by atoms with Crippen LogP contribution in [0.1, 0.15) is 64.7 Å². The van der Waals surface area contributed by atoms with Gasteiger partial charge in [0.2, 0.25) is 5.91 Å². The fourth-order valence-electron chi connectivity index (χ4n) is 4.60. The van der Waals surface area contributed by atoms with Crippen molar-refractivity contribution < 1.29 is 9.53 Å². The third-order valence-electron chi connectivity index (χ3n) is 6.26. The highest BCUT2D eigenvalue weighted by molar-refractivity contribution is 5.81. The second-order valence-corrected chi connectivity index (χ2v) is 8.67. The summed E-state index contributed by atoms with van der Waals surface area (Å²) >= 11 is 0. The van der Waals surface area contributed by atoms with E-state index in [4.69, 9.17) is 14.7 Å². The van der Waals surface area contributed by atoms with Gasteiger partial charge >= 0.3 is 0 Å². The summed E-state index contributed by atoms with van der Waals surface area (Å²) in [5.74, 6) is 1.56. The highest BCUT2D eigenvalue weighted by Crippen LogP contribution is 2.31. The maximum atomic E-state index is 13.0. The van der Waals surface area contributed by atoms with Gasteiger partial charge in [-0.2, -0.15) is 0 Å². The van der Waals surface area contributed by atoms with E-state index >= 15 is 0 Å². The zero-order valence-electron chi connectivity index (χ0n) is 18.1. The molecule has 2 aliphatic rings. The van der Waals surface area contributed by atoms with E-state index in [1.807, 2.05) is 24.3 Å². The van der Waals surface area contributed by atoms with E-state index in [-0.39, 0.29) is 11.8 Å². The normalized spacial score (nSPS) is 20.7. The Labute approximate surface area is 179 Å². The van der Waals surface area contributed by atoms with Gasteiger partial charge in [0.25, 0.3) is 5.88 Å². The Balaban J connectivity index is 1.50. The van der Waals surface area contributed by atoms with Gasteiger partial charge in [-0.15, -0.1) is 0 Å². The second-order valence-electron chi connectivity index (χ2n) is 8.67. The predicted octanol–water partition coefficient (Wildman–Crippen LogP) is 4.47. The van der Waals surface area contributed by atoms with E-state index < -0.39 is 0 Å². The number of nitrogens with one attached hydrogen (secondary N) is 1. The summed E-state index contributed by atoms with van der Waals surface area (Å²) in [6, 6.07) is 8.24. The molecule has 4 rings (SSSR count). The molecule has 6 nitrogen and oxygen atoms in total. The summed E-state index contributed by atoms with van der Waals surface area (Å²) in [5, 5.41) is 3.35. The van der Waals surface area contributed by atoms with Crippen LogP contribution in [0.15, 0.2) is 24.3 Å². The number of hydrogen-bond donors (Lipinski definition) is 1. The van der Waals surface area contributed by atoms with Crippen molar-refractivity contribution in [2.75, 3.05) is 24.6 Å². The average molecular weight is 411 g/mol. The van der Waals surface area contributed by atoms with Crippen LogP contribution in [0.2, 0.25) is 0 Å². The number of carbonyl (C=O) groups excluding carboxylic acids is 1. The summed E-state index contributed by atoms with van der Waals surface area (Å²) in [6.07, 6.45) is 10.1. The Bertz CT molecular complexity index is 848. The van der Waals surface area contributed by atoms with Crippen LogP contribution in [-0.2, 0) is 4.79 Å². The van der Waals surface area contributed by atoms with E-state index in [9.17, 15) is 4.79 Å². The van der Waals surface area contributed by atoms with Crippen LogP contribution in [0.4, 0.5) is 5.82 Å². The third-order valence-corrected chi connectivity index (χ3v) is 6.26. The number of anilines is 1. The largest absolute Gasteiger partial charge is 0.475 e. The molecule has 1 amide bonds. The molecule has 1 saturated carbocycles. The number of ether oxygens (including phenoxy) is 1. The summed E-state index contributed by atoms with van der Waals surface area (Å²) in [6.45, 7) is 4.25. The van der Waals surface area contributed by atoms with E-state index in [0.29, 0.717) is 25.1 Å². The molecule has 0 spiro atoms. The molecular formula is C24H34N4O2. The standard InChI is InChI=1S/C24H34N4O2/c1-2-16-30-24-22(26-20-13-7-8-14-21(20)27-24)28-15-9-10-18(17-28)23(29)25-19-11-5-3-4-6-12-19/h7-8,13-14,18-19H,2-6,9-12,15-17H2,1H3,(H,25,29). The fourth-order valence-corrected chi connectivity index (χ4v) is 4.60. The van der Waals surface area contributed by atoms with Gasteiger partial charge in [0.1, 0.15) is 0 Å². The van der Waals surface area contributed by atoms with E-state index in [1.54, 1.807) is 0 Å². The lowest BCUT2D eigenvalue weighted by molar-refractivity contribution is -0.126. The molecule has 30 heavy (non-hydrogen) atoms. The number of para-hydroxylation sites is 2. The number of piperidine rings is 1. The molecule has 1 atom stereocenters.